The number of carboxylic acids is 3. The summed E-state index contributed by atoms with van der Waals surface area (Å²) in [6.45, 7) is -1.96. The van der Waals surface area contributed by atoms with Crippen LogP contribution < -0.4 is 5.73 Å². The summed E-state index contributed by atoms with van der Waals surface area (Å²) in [5, 5.41) is 111. The number of hydrogen-bond acceptors (Lipinski definition) is 14. The van der Waals surface area contributed by atoms with Gasteiger partial charge in [0.1, 0.15) is 36.6 Å². The van der Waals surface area contributed by atoms with E-state index in [1.165, 1.54) is 0 Å². The van der Waals surface area contributed by atoms with Gasteiger partial charge in [-0.25, -0.2) is 9.59 Å². The maximum atomic E-state index is 10.1. The number of rotatable bonds is 11. The summed E-state index contributed by atoms with van der Waals surface area (Å²) in [5.74, 6) is -4.42. The van der Waals surface area contributed by atoms with Gasteiger partial charge in [0.05, 0.1) is 19.8 Å². The molecule has 0 radical (unpaired) electrons. The van der Waals surface area contributed by atoms with E-state index in [-0.39, 0.29) is 26.0 Å². The minimum absolute atomic E-state index is 0. The van der Waals surface area contributed by atoms with E-state index in [0.717, 1.165) is 0 Å². The zero-order chi connectivity index (χ0) is 25.5. The molecule has 0 spiro atoms. The van der Waals surface area contributed by atoms with E-state index in [1.807, 2.05) is 0 Å². The Morgan fingerprint density at radius 3 is 0.938 bits per heavy atom. The van der Waals surface area contributed by atoms with Crippen molar-refractivity contribution in [1.29, 1.82) is 0 Å². The number of aliphatic hydroxyl groups is 10. The zero-order valence-electron chi connectivity index (χ0n) is 16.6. The maximum Gasteiger partial charge on any atom is 0.335 e. The molecule has 15 N–H and O–H groups in total. The van der Waals surface area contributed by atoms with Crippen LogP contribution >= 0.6 is 0 Å². The Balaban J connectivity index is -0.000000198. The monoisotopic (exact) mass is 531 g/mol. The molecule has 0 unspecified atom stereocenters. The van der Waals surface area contributed by atoms with E-state index in [1.54, 1.807) is 0 Å². The van der Waals surface area contributed by atoms with Gasteiger partial charge in [-0.05, 0) is 0 Å². The Bertz CT molecular complexity index is 487. The number of nitrogens with two attached hydrogens (primary N) is 1. The summed E-state index contributed by atoms with van der Waals surface area (Å²) in [7, 11) is 0. The molecule has 0 aliphatic rings. The first-order valence-electron chi connectivity index (χ1n) is 8.14. The van der Waals surface area contributed by atoms with Crippen molar-refractivity contribution in [3.63, 3.8) is 0 Å². The molecule has 0 aromatic carbocycles. The van der Waals surface area contributed by atoms with Crippen molar-refractivity contribution in [2.45, 2.75) is 48.8 Å². The van der Waals surface area contributed by atoms with E-state index in [2.05, 4.69) is 5.73 Å². The molecule has 18 heteroatoms. The van der Waals surface area contributed by atoms with Crippen LogP contribution in [0.15, 0.2) is 0 Å². The Hall–Kier alpha value is -1.41. The van der Waals surface area contributed by atoms with Crippen LogP contribution in [0.1, 0.15) is 0 Å². The van der Waals surface area contributed by atoms with Crippen LogP contribution in [0, 0.1) is 0 Å². The van der Waals surface area contributed by atoms with Gasteiger partial charge in [0, 0.05) is 19.5 Å². The first-order valence-corrected chi connectivity index (χ1v) is 8.14. The Labute approximate surface area is 193 Å². The van der Waals surface area contributed by atoms with Gasteiger partial charge in [0.2, 0.25) is 0 Å². The maximum absolute atomic E-state index is 10.1. The van der Waals surface area contributed by atoms with Crippen molar-refractivity contribution < 1.29 is 100 Å². The fourth-order valence-electron chi connectivity index (χ4n) is 1.34. The van der Waals surface area contributed by atoms with Gasteiger partial charge in [0.15, 0.2) is 12.2 Å². The molecule has 0 saturated heterocycles. The predicted octanol–water partition coefficient (Wildman–Crippen LogP) is -7.96. The molecular weight excluding hydrogens is 504 g/mol. The van der Waals surface area contributed by atoms with Crippen LogP contribution in [0.2, 0.25) is 0 Å². The molecule has 0 aliphatic carbocycles. The standard InChI is InChI=1S/2C6H12O7.C2H5NO2.Zn/c2*7-1-2(8)3(9)4(10)5(11)6(12)13;3-1-2(4)5;/h2*2-5,7-11H,1H2,(H,12,13);1,3H2,(H,4,5);/t2*2-,3-,4+,5-;;/m11../s1. The number of aliphatic hydroxyl groups excluding tert-OH is 10. The van der Waals surface area contributed by atoms with E-state index < -0.39 is 80.0 Å². The SMILES string of the molecule is NCC(=O)O.O=C(O)[C@H](O)[C@@H](O)[C@H](O)[C@H](O)CO.O=C(O)[C@H](O)[C@@H](O)[C@H](O)[C@H](O)CO.[Zn]. The van der Waals surface area contributed by atoms with Crippen LogP contribution in [0.4, 0.5) is 0 Å². The molecule has 0 bridgehead atoms. The number of hydrogen-bond donors (Lipinski definition) is 14. The van der Waals surface area contributed by atoms with Crippen LogP contribution in [-0.2, 0) is 33.9 Å². The second kappa shape index (κ2) is 20.2. The molecule has 8 atom stereocenters. The van der Waals surface area contributed by atoms with Crippen molar-refractivity contribution in [2.75, 3.05) is 19.8 Å². The molecule has 17 nitrogen and oxygen atoms in total. The Kier molecular flexibility index (Phi) is 23.9. The first kappa shape index (κ1) is 37.9. The van der Waals surface area contributed by atoms with Gasteiger partial charge in [-0.1, -0.05) is 0 Å². The summed E-state index contributed by atoms with van der Waals surface area (Å²) in [6.07, 6.45) is -15.7. The number of carboxylic acid groups (broad SMARTS) is 3. The van der Waals surface area contributed by atoms with Crippen molar-refractivity contribution in [2.24, 2.45) is 5.73 Å². The molecule has 0 aromatic heterocycles. The summed E-state index contributed by atoms with van der Waals surface area (Å²) < 4.78 is 0. The summed E-state index contributed by atoms with van der Waals surface area (Å²) >= 11 is 0. The molecule has 0 heterocycles. The minimum atomic E-state index is -2.20. The van der Waals surface area contributed by atoms with Crippen LogP contribution in [-0.4, -0.2) is 153 Å². The smallest absolute Gasteiger partial charge is 0.335 e. The summed E-state index contributed by atoms with van der Waals surface area (Å²) in [6, 6.07) is 0. The van der Waals surface area contributed by atoms with Gasteiger partial charge in [0.25, 0.3) is 0 Å². The van der Waals surface area contributed by atoms with Crippen LogP contribution in [0.5, 0.6) is 0 Å². The third-order valence-corrected chi connectivity index (χ3v) is 3.19. The second-order valence-electron chi connectivity index (χ2n) is 5.63. The Morgan fingerprint density at radius 1 is 0.594 bits per heavy atom. The number of aliphatic carboxylic acids is 3. The zero-order valence-corrected chi connectivity index (χ0v) is 19.5. The van der Waals surface area contributed by atoms with Gasteiger partial charge in [-0.2, -0.15) is 0 Å². The largest absolute Gasteiger partial charge is 0.480 e. The fourth-order valence-corrected chi connectivity index (χ4v) is 1.34. The molecule has 0 fully saturated rings. The van der Waals surface area contributed by atoms with E-state index >= 15 is 0 Å². The van der Waals surface area contributed by atoms with Crippen molar-refractivity contribution in [3.05, 3.63) is 0 Å². The molecule has 32 heavy (non-hydrogen) atoms. The summed E-state index contributed by atoms with van der Waals surface area (Å²) in [5.41, 5.74) is 4.57. The normalized spacial score (nSPS) is 17.7. The molecule has 0 aromatic rings. The Morgan fingerprint density at radius 2 is 0.812 bits per heavy atom. The second-order valence-corrected chi connectivity index (χ2v) is 5.63. The number of carbonyl (C=O) groups is 3. The van der Waals surface area contributed by atoms with Crippen molar-refractivity contribution in [1.82, 2.24) is 0 Å². The topological polar surface area (TPSA) is 340 Å². The summed E-state index contributed by atoms with van der Waals surface area (Å²) in [4.78, 5) is 29.4. The van der Waals surface area contributed by atoms with Crippen molar-refractivity contribution >= 4 is 17.9 Å². The fraction of sp³-hybridized carbons (Fsp3) is 0.786. The van der Waals surface area contributed by atoms with E-state index in [4.69, 9.17) is 66.4 Å². The van der Waals surface area contributed by atoms with Crippen LogP contribution in [0.3, 0.4) is 0 Å². The van der Waals surface area contributed by atoms with Gasteiger partial charge in [-0.3, -0.25) is 4.79 Å². The predicted molar refractivity (Wildman–Crippen MR) is 94.2 cm³/mol. The average Bonchev–Trinajstić information content (AvgIpc) is 2.75. The van der Waals surface area contributed by atoms with E-state index in [0.29, 0.717) is 0 Å². The molecule has 188 valence electrons. The molecular formula is C14H29NO16Zn. The van der Waals surface area contributed by atoms with E-state index in [9.17, 15) is 14.4 Å². The average molecular weight is 533 g/mol. The van der Waals surface area contributed by atoms with Crippen molar-refractivity contribution in [3.8, 4) is 0 Å². The third-order valence-electron chi connectivity index (χ3n) is 3.19. The van der Waals surface area contributed by atoms with Gasteiger partial charge < -0.3 is 72.1 Å². The molecule has 0 amide bonds. The molecule has 0 aliphatic heterocycles. The molecule has 0 rings (SSSR count). The quantitative estimate of drug-likeness (QED) is 0.110. The van der Waals surface area contributed by atoms with Gasteiger partial charge >= 0.3 is 17.9 Å². The minimum Gasteiger partial charge on any atom is -0.480 e. The van der Waals surface area contributed by atoms with Crippen LogP contribution in [0.25, 0.3) is 0 Å². The van der Waals surface area contributed by atoms with Gasteiger partial charge in [-0.15, -0.1) is 0 Å². The first-order chi connectivity index (χ1) is 14.1. The molecule has 0 saturated carbocycles. The third kappa shape index (κ3) is 16.3.